The first-order valence-electron chi connectivity index (χ1n) is 8.47. The number of hydrogen-bond acceptors (Lipinski definition) is 2. The van der Waals surface area contributed by atoms with Crippen molar-refractivity contribution in [1.29, 1.82) is 0 Å². The first kappa shape index (κ1) is 19.0. The van der Waals surface area contributed by atoms with E-state index in [0.29, 0.717) is 0 Å². The SMILES string of the molecule is CN=C(NCCCCN1CCCC1)N1CCCC(C)C1.I. The average Bonchev–Trinajstić information content (AvgIpc) is 2.96. The van der Waals surface area contributed by atoms with Crippen molar-refractivity contribution in [3.8, 4) is 0 Å². The van der Waals surface area contributed by atoms with Crippen molar-refractivity contribution in [2.75, 3.05) is 46.3 Å². The first-order chi connectivity index (χ1) is 9.79. The van der Waals surface area contributed by atoms with Crippen molar-refractivity contribution < 1.29 is 0 Å². The molecule has 2 saturated heterocycles. The van der Waals surface area contributed by atoms with Crippen LogP contribution in [0.2, 0.25) is 0 Å². The maximum atomic E-state index is 4.44. The van der Waals surface area contributed by atoms with Gasteiger partial charge in [0, 0.05) is 26.7 Å². The van der Waals surface area contributed by atoms with Gasteiger partial charge in [0.25, 0.3) is 0 Å². The van der Waals surface area contributed by atoms with Crippen LogP contribution in [0, 0.1) is 5.92 Å². The Labute approximate surface area is 147 Å². The molecule has 4 nitrogen and oxygen atoms in total. The van der Waals surface area contributed by atoms with Crippen molar-refractivity contribution in [3.05, 3.63) is 0 Å². The topological polar surface area (TPSA) is 30.9 Å². The van der Waals surface area contributed by atoms with Gasteiger partial charge in [0.05, 0.1) is 0 Å². The second-order valence-corrected chi connectivity index (χ2v) is 6.42. The van der Waals surface area contributed by atoms with E-state index in [1.165, 1.54) is 58.2 Å². The fourth-order valence-electron chi connectivity index (χ4n) is 3.38. The van der Waals surface area contributed by atoms with E-state index in [-0.39, 0.29) is 24.0 Å². The minimum absolute atomic E-state index is 0. The Morgan fingerprint density at radius 1 is 1.14 bits per heavy atom. The lowest BCUT2D eigenvalue weighted by molar-refractivity contribution is 0.265. The van der Waals surface area contributed by atoms with Crippen LogP contribution < -0.4 is 5.32 Å². The summed E-state index contributed by atoms with van der Waals surface area (Å²) in [7, 11) is 1.91. The molecule has 0 aromatic rings. The molecular weight excluding hydrogens is 375 g/mol. The lowest BCUT2D eigenvalue weighted by Crippen LogP contribution is -2.46. The van der Waals surface area contributed by atoms with Crippen molar-refractivity contribution in [2.24, 2.45) is 10.9 Å². The van der Waals surface area contributed by atoms with E-state index < -0.39 is 0 Å². The molecule has 2 rings (SSSR count). The zero-order chi connectivity index (χ0) is 14.2. The number of nitrogens with one attached hydrogen (secondary N) is 1. The van der Waals surface area contributed by atoms with Crippen molar-refractivity contribution in [1.82, 2.24) is 15.1 Å². The summed E-state index contributed by atoms with van der Waals surface area (Å²) in [6.07, 6.45) is 8.02. The molecule has 1 N–H and O–H groups in total. The molecule has 0 bridgehead atoms. The van der Waals surface area contributed by atoms with Crippen LogP contribution in [0.1, 0.15) is 45.4 Å². The highest BCUT2D eigenvalue weighted by Crippen LogP contribution is 2.15. The largest absolute Gasteiger partial charge is 0.356 e. The van der Waals surface area contributed by atoms with E-state index in [2.05, 4.69) is 27.0 Å². The maximum Gasteiger partial charge on any atom is 0.193 e. The molecule has 0 radical (unpaired) electrons. The standard InChI is InChI=1S/C16H32N4.HI/c1-15-8-7-13-20(14-15)16(17-2)18-9-3-4-10-19-11-5-6-12-19;/h15H,3-14H2,1-2H3,(H,17,18);1H. The Morgan fingerprint density at radius 3 is 2.57 bits per heavy atom. The summed E-state index contributed by atoms with van der Waals surface area (Å²) >= 11 is 0. The van der Waals surface area contributed by atoms with Gasteiger partial charge >= 0.3 is 0 Å². The number of halogens is 1. The van der Waals surface area contributed by atoms with Gasteiger partial charge < -0.3 is 15.1 Å². The van der Waals surface area contributed by atoms with Gasteiger partial charge in [-0.1, -0.05) is 6.92 Å². The molecule has 1 atom stereocenters. The van der Waals surface area contributed by atoms with Crippen molar-refractivity contribution in [2.45, 2.75) is 45.4 Å². The summed E-state index contributed by atoms with van der Waals surface area (Å²) in [5.74, 6) is 1.91. The summed E-state index contributed by atoms with van der Waals surface area (Å²) in [6, 6.07) is 0. The fourth-order valence-corrected chi connectivity index (χ4v) is 3.38. The van der Waals surface area contributed by atoms with Crippen LogP contribution in [0.5, 0.6) is 0 Å². The van der Waals surface area contributed by atoms with Crippen molar-refractivity contribution >= 4 is 29.9 Å². The monoisotopic (exact) mass is 408 g/mol. The number of piperidine rings is 1. The summed E-state index contributed by atoms with van der Waals surface area (Å²) in [4.78, 5) is 9.47. The van der Waals surface area contributed by atoms with Crippen LogP contribution in [0.25, 0.3) is 0 Å². The summed E-state index contributed by atoms with van der Waals surface area (Å²) in [5, 5.41) is 3.54. The third kappa shape index (κ3) is 6.72. The molecule has 0 aromatic carbocycles. The van der Waals surface area contributed by atoms with E-state index in [1.54, 1.807) is 0 Å². The zero-order valence-electron chi connectivity index (χ0n) is 13.8. The van der Waals surface area contributed by atoms with Gasteiger partial charge in [-0.05, 0) is 64.1 Å². The van der Waals surface area contributed by atoms with Gasteiger partial charge in [0.2, 0.25) is 0 Å². The minimum atomic E-state index is 0. The molecule has 124 valence electrons. The molecule has 1 unspecified atom stereocenters. The molecule has 0 saturated carbocycles. The third-order valence-corrected chi connectivity index (χ3v) is 4.55. The van der Waals surface area contributed by atoms with Crippen LogP contribution in [0.3, 0.4) is 0 Å². The van der Waals surface area contributed by atoms with E-state index in [1.807, 2.05) is 7.05 Å². The Balaban J connectivity index is 0.00000220. The average molecular weight is 408 g/mol. The number of rotatable bonds is 5. The Kier molecular flexibility index (Phi) is 9.64. The predicted molar refractivity (Wildman–Crippen MR) is 102 cm³/mol. The number of aliphatic imine (C=N–C) groups is 1. The van der Waals surface area contributed by atoms with Gasteiger partial charge in [-0.15, -0.1) is 24.0 Å². The van der Waals surface area contributed by atoms with Crippen molar-refractivity contribution in [3.63, 3.8) is 0 Å². The van der Waals surface area contributed by atoms with Gasteiger partial charge in [-0.2, -0.15) is 0 Å². The molecule has 0 aromatic heterocycles. The van der Waals surface area contributed by atoms with E-state index in [0.717, 1.165) is 31.5 Å². The molecule has 5 heteroatoms. The van der Waals surface area contributed by atoms with Crippen LogP contribution >= 0.6 is 24.0 Å². The van der Waals surface area contributed by atoms with Gasteiger partial charge in [0.15, 0.2) is 5.96 Å². The van der Waals surface area contributed by atoms with E-state index >= 15 is 0 Å². The number of guanidine groups is 1. The zero-order valence-corrected chi connectivity index (χ0v) is 16.1. The Hall–Kier alpha value is -0.0400. The third-order valence-electron chi connectivity index (χ3n) is 4.55. The molecule has 0 aliphatic carbocycles. The molecule has 0 spiro atoms. The molecule has 21 heavy (non-hydrogen) atoms. The predicted octanol–water partition coefficient (Wildman–Crippen LogP) is 2.79. The quantitative estimate of drug-likeness (QED) is 0.329. The first-order valence-corrected chi connectivity index (χ1v) is 8.47. The minimum Gasteiger partial charge on any atom is -0.356 e. The molecule has 2 fully saturated rings. The summed E-state index contributed by atoms with van der Waals surface area (Å²) in [5.41, 5.74) is 0. The lowest BCUT2D eigenvalue weighted by Gasteiger charge is -2.33. The Bertz CT molecular complexity index is 303. The highest BCUT2D eigenvalue weighted by molar-refractivity contribution is 14.0. The van der Waals surface area contributed by atoms with Crippen LogP contribution in [0.15, 0.2) is 4.99 Å². The van der Waals surface area contributed by atoms with Gasteiger partial charge in [-0.3, -0.25) is 4.99 Å². The normalized spacial score (nSPS) is 24.0. The Morgan fingerprint density at radius 2 is 1.90 bits per heavy atom. The number of nitrogens with zero attached hydrogens (tertiary/aromatic N) is 3. The van der Waals surface area contributed by atoms with Crippen LogP contribution in [-0.2, 0) is 0 Å². The smallest absolute Gasteiger partial charge is 0.193 e. The molecule has 2 heterocycles. The lowest BCUT2D eigenvalue weighted by atomic mass is 10.0. The summed E-state index contributed by atoms with van der Waals surface area (Å²) < 4.78 is 0. The molecule has 2 aliphatic rings. The van der Waals surface area contributed by atoms with E-state index in [9.17, 15) is 0 Å². The number of unbranched alkanes of at least 4 members (excludes halogenated alkanes) is 1. The second kappa shape index (κ2) is 10.6. The number of likely N-dealkylation sites (tertiary alicyclic amines) is 2. The maximum absolute atomic E-state index is 4.44. The van der Waals surface area contributed by atoms with Crippen LogP contribution in [0.4, 0.5) is 0 Å². The number of hydrogen-bond donors (Lipinski definition) is 1. The highest BCUT2D eigenvalue weighted by atomic mass is 127. The fraction of sp³-hybridized carbons (Fsp3) is 0.938. The van der Waals surface area contributed by atoms with Gasteiger partial charge in [0.1, 0.15) is 0 Å². The second-order valence-electron chi connectivity index (χ2n) is 6.42. The summed E-state index contributed by atoms with van der Waals surface area (Å²) in [6.45, 7) is 9.65. The molecule has 2 aliphatic heterocycles. The van der Waals surface area contributed by atoms with E-state index in [4.69, 9.17) is 0 Å². The molecule has 0 amide bonds. The van der Waals surface area contributed by atoms with Crippen LogP contribution in [-0.4, -0.2) is 62.1 Å². The molecular formula is C16H33IN4. The highest BCUT2D eigenvalue weighted by Gasteiger charge is 2.18. The van der Waals surface area contributed by atoms with Gasteiger partial charge in [-0.25, -0.2) is 0 Å².